The summed E-state index contributed by atoms with van der Waals surface area (Å²) in [6.07, 6.45) is 3.77. The molecule has 1 amide bonds. The van der Waals surface area contributed by atoms with E-state index in [2.05, 4.69) is 25.2 Å². The van der Waals surface area contributed by atoms with E-state index in [0.717, 1.165) is 24.2 Å². The molecule has 24 heavy (non-hydrogen) atoms. The number of rotatable bonds is 4. The number of nitrogens with one attached hydrogen (secondary N) is 1. The molecule has 1 aliphatic heterocycles. The Morgan fingerprint density at radius 1 is 1.38 bits per heavy atom. The number of nitrogens with zero attached hydrogens (tertiary/aromatic N) is 4. The van der Waals surface area contributed by atoms with Crippen LogP contribution in [0, 0.1) is 0 Å². The first kappa shape index (κ1) is 16.6. The number of fused-ring (bicyclic) bond motifs is 1. The van der Waals surface area contributed by atoms with E-state index in [4.69, 9.17) is 16.3 Å². The molecule has 0 aromatic carbocycles. The lowest BCUT2D eigenvalue weighted by Gasteiger charge is -2.32. The summed E-state index contributed by atoms with van der Waals surface area (Å²) in [6.45, 7) is 3.18. The summed E-state index contributed by atoms with van der Waals surface area (Å²) >= 11 is 5.80. The Bertz CT molecular complexity index is 723. The molecule has 3 rings (SSSR count). The smallest absolute Gasteiger partial charge is 0.242 e. The van der Waals surface area contributed by atoms with Crippen molar-refractivity contribution >= 4 is 23.3 Å². The fourth-order valence-corrected chi connectivity index (χ4v) is 2.80. The highest BCUT2D eigenvalue weighted by Gasteiger charge is 2.28. The highest BCUT2D eigenvalue weighted by Crippen LogP contribution is 2.25. The highest BCUT2D eigenvalue weighted by atomic mass is 35.5. The Morgan fingerprint density at radius 3 is 2.92 bits per heavy atom. The van der Waals surface area contributed by atoms with Crippen LogP contribution in [0.3, 0.4) is 0 Å². The molecule has 1 unspecified atom stereocenters. The highest BCUT2D eigenvalue weighted by molar-refractivity contribution is 6.30. The van der Waals surface area contributed by atoms with Gasteiger partial charge in [-0.3, -0.25) is 9.69 Å². The average molecular weight is 348 g/mol. The third-order valence-electron chi connectivity index (χ3n) is 4.09. The van der Waals surface area contributed by atoms with Crippen molar-refractivity contribution in [1.29, 1.82) is 0 Å². The predicted octanol–water partition coefficient (Wildman–Crippen LogP) is 1.92. The van der Waals surface area contributed by atoms with E-state index < -0.39 is 0 Å². The van der Waals surface area contributed by atoms with Gasteiger partial charge in [0.05, 0.1) is 23.9 Å². The molecule has 0 saturated carbocycles. The van der Waals surface area contributed by atoms with Crippen molar-refractivity contribution in [2.24, 2.45) is 0 Å². The van der Waals surface area contributed by atoms with Crippen LogP contribution in [0.15, 0.2) is 24.7 Å². The summed E-state index contributed by atoms with van der Waals surface area (Å²) in [4.78, 5) is 27.1. The van der Waals surface area contributed by atoms with Crippen molar-refractivity contribution in [3.63, 3.8) is 0 Å². The van der Waals surface area contributed by atoms with Crippen LogP contribution in [0.1, 0.15) is 18.2 Å². The number of aromatic nitrogens is 3. The lowest BCUT2D eigenvalue weighted by Crippen LogP contribution is -2.45. The molecule has 1 atom stereocenters. The summed E-state index contributed by atoms with van der Waals surface area (Å²) < 4.78 is 5.31. The molecule has 0 saturated heterocycles. The van der Waals surface area contributed by atoms with Crippen molar-refractivity contribution in [2.75, 3.05) is 19.0 Å². The van der Waals surface area contributed by atoms with Crippen LogP contribution in [0.2, 0.25) is 5.02 Å². The van der Waals surface area contributed by atoms with Gasteiger partial charge in [0, 0.05) is 31.3 Å². The Morgan fingerprint density at radius 2 is 2.21 bits per heavy atom. The van der Waals surface area contributed by atoms with Crippen molar-refractivity contribution < 1.29 is 9.53 Å². The lowest BCUT2D eigenvalue weighted by molar-refractivity contribution is -0.121. The Hall–Kier alpha value is -2.25. The molecule has 1 aliphatic rings. The first-order chi connectivity index (χ1) is 11.6. The monoisotopic (exact) mass is 347 g/mol. The van der Waals surface area contributed by atoms with Crippen LogP contribution < -0.4 is 10.1 Å². The third kappa shape index (κ3) is 3.47. The van der Waals surface area contributed by atoms with Gasteiger partial charge in [0.2, 0.25) is 11.8 Å². The summed E-state index contributed by atoms with van der Waals surface area (Å²) in [7, 11) is 1.59. The quantitative estimate of drug-likeness (QED) is 0.910. The van der Waals surface area contributed by atoms with Crippen LogP contribution in [-0.2, 0) is 17.8 Å². The molecule has 0 radical (unpaired) electrons. The molecule has 0 fully saturated rings. The molecule has 2 aromatic heterocycles. The first-order valence-corrected chi connectivity index (χ1v) is 7.99. The van der Waals surface area contributed by atoms with Gasteiger partial charge in [-0.25, -0.2) is 15.0 Å². The molecule has 0 aliphatic carbocycles. The largest absolute Gasteiger partial charge is 0.481 e. The summed E-state index contributed by atoms with van der Waals surface area (Å²) in [5.74, 6) is 0.926. The minimum atomic E-state index is -0.319. The molecular formula is C16H18ClN5O2. The van der Waals surface area contributed by atoms with Gasteiger partial charge in [-0.15, -0.1) is 0 Å². The fraction of sp³-hybridized carbons (Fsp3) is 0.375. The van der Waals surface area contributed by atoms with Gasteiger partial charge in [-0.1, -0.05) is 11.6 Å². The van der Waals surface area contributed by atoms with Gasteiger partial charge in [-0.05, 0) is 19.1 Å². The number of carbonyl (C=O) groups excluding carboxylic acids is 1. The number of carbonyl (C=O) groups is 1. The van der Waals surface area contributed by atoms with E-state index in [0.29, 0.717) is 23.3 Å². The molecule has 7 nitrogen and oxygen atoms in total. The van der Waals surface area contributed by atoms with Crippen LogP contribution in [0.25, 0.3) is 0 Å². The zero-order valence-electron chi connectivity index (χ0n) is 13.5. The number of hydrogen-bond acceptors (Lipinski definition) is 6. The summed E-state index contributed by atoms with van der Waals surface area (Å²) in [5.41, 5.74) is 1.92. The van der Waals surface area contributed by atoms with Gasteiger partial charge >= 0.3 is 0 Å². The van der Waals surface area contributed by atoms with Gasteiger partial charge < -0.3 is 10.1 Å². The summed E-state index contributed by atoms with van der Waals surface area (Å²) in [6, 6.07) is 3.05. The molecule has 126 valence electrons. The molecule has 3 heterocycles. The van der Waals surface area contributed by atoms with Gasteiger partial charge in [0.15, 0.2) is 0 Å². The standard InChI is InChI=1S/C16H18ClN5O2/c1-10(15(23)21-14-4-3-11(17)7-18-14)22-6-5-13-12(8-22)16(24-2)20-9-19-13/h3-4,7,9-10H,5-6,8H2,1-2H3,(H,18,21,23). The normalized spacial score (nSPS) is 15.5. The fourth-order valence-electron chi connectivity index (χ4n) is 2.69. The average Bonchev–Trinajstić information content (AvgIpc) is 2.62. The molecule has 2 aromatic rings. The van der Waals surface area contributed by atoms with Crippen molar-refractivity contribution in [1.82, 2.24) is 19.9 Å². The number of halogens is 1. The second kappa shape index (κ2) is 7.11. The number of amides is 1. The zero-order chi connectivity index (χ0) is 17.1. The zero-order valence-corrected chi connectivity index (χ0v) is 14.2. The molecular weight excluding hydrogens is 330 g/mol. The predicted molar refractivity (Wildman–Crippen MR) is 90.0 cm³/mol. The minimum Gasteiger partial charge on any atom is -0.481 e. The van der Waals surface area contributed by atoms with Gasteiger partial charge in [-0.2, -0.15) is 0 Å². The molecule has 0 bridgehead atoms. The maximum absolute atomic E-state index is 12.5. The third-order valence-corrected chi connectivity index (χ3v) is 4.31. The van der Waals surface area contributed by atoms with Gasteiger partial charge in [0.25, 0.3) is 0 Å². The van der Waals surface area contributed by atoms with E-state index in [1.54, 1.807) is 19.2 Å². The minimum absolute atomic E-state index is 0.121. The van der Waals surface area contributed by atoms with Crippen molar-refractivity contribution in [3.05, 3.63) is 40.9 Å². The molecule has 1 N–H and O–H groups in total. The second-order valence-electron chi connectivity index (χ2n) is 5.56. The Kier molecular flexibility index (Phi) is 4.92. The lowest BCUT2D eigenvalue weighted by atomic mass is 10.0. The van der Waals surface area contributed by atoms with Crippen molar-refractivity contribution in [2.45, 2.75) is 25.9 Å². The molecule has 0 spiro atoms. The van der Waals surface area contributed by atoms with E-state index in [1.807, 2.05) is 6.92 Å². The maximum Gasteiger partial charge on any atom is 0.242 e. The van der Waals surface area contributed by atoms with E-state index in [9.17, 15) is 4.79 Å². The van der Waals surface area contributed by atoms with E-state index in [-0.39, 0.29) is 11.9 Å². The van der Waals surface area contributed by atoms with Crippen LogP contribution >= 0.6 is 11.6 Å². The number of anilines is 1. The van der Waals surface area contributed by atoms with Crippen molar-refractivity contribution in [3.8, 4) is 5.88 Å². The van der Waals surface area contributed by atoms with Crippen LogP contribution in [0.5, 0.6) is 5.88 Å². The molecule has 8 heteroatoms. The Balaban J connectivity index is 1.70. The number of hydrogen-bond donors (Lipinski definition) is 1. The number of methoxy groups -OCH3 is 1. The second-order valence-corrected chi connectivity index (χ2v) is 5.99. The van der Waals surface area contributed by atoms with Crippen LogP contribution in [0.4, 0.5) is 5.82 Å². The Labute approximate surface area is 145 Å². The first-order valence-electron chi connectivity index (χ1n) is 7.61. The number of pyridine rings is 1. The van der Waals surface area contributed by atoms with E-state index in [1.165, 1.54) is 12.5 Å². The van der Waals surface area contributed by atoms with Crippen LogP contribution in [-0.4, -0.2) is 45.5 Å². The summed E-state index contributed by atoms with van der Waals surface area (Å²) in [5, 5.41) is 3.33. The maximum atomic E-state index is 12.5. The number of ether oxygens (including phenoxy) is 1. The van der Waals surface area contributed by atoms with E-state index >= 15 is 0 Å². The SMILES string of the molecule is COc1ncnc2c1CN(C(C)C(=O)Nc1ccc(Cl)cn1)CC2. The van der Waals surface area contributed by atoms with Gasteiger partial charge in [0.1, 0.15) is 12.1 Å². The topological polar surface area (TPSA) is 80.2 Å².